The molecule has 1 aromatic carbocycles. The van der Waals surface area contributed by atoms with Crippen LogP contribution in [-0.2, 0) is 0 Å². The Labute approximate surface area is 101 Å². The van der Waals surface area contributed by atoms with Crippen molar-refractivity contribution in [1.82, 2.24) is 0 Å². The van der Waals surface area contributed by atoms with Gasteiger partial charge in [-0.2, -0.15) is 0 Å². The quantitative estimate of drug-likeness (QED) is 0.704. The monoisotopic (exact) mass is 242 g/mol. The van der Waals surface area contributed by atoms with E-state index in [1.54, 1.807) is 0 Å². The van der Waals surface area contributed by atoms with E-state index in [0.717, 1.165) is 25.3 Å². The largest absolute Gasteiger partial charge is 0.388 e. The first-order valence-electron chi connectivity index (χ1n) is 6.27. The van der Waals surface area contributed by atoms with Crippen LogP contribution in [0.2, 0.25) is 0 Å². The summed E-state index contributed by atoms with van der Waals surface area (Å²) in [5.41, 5.74) is 0.331. The molecule has 0 spiro atoms. The molecule has 0 radical (unpaired) electrons. The lowest BCUT2D eigenvalue weighted by Crippen LogP contribution is -1.99. The molecule has 1 unspecified atom stereocenters. The van der Waals surface area contributed by atoms with Gasteiger partial charge in [-0.05, 0) is 24.1 Å². The van der Waals surface area contributed by atoms with Crippen LogP contribution in [0.25, 0.3) is 0 Å². The minimum Gasteiger partial charge on any atom is -0.388 e. The van der Waals surface area contributed by atoms with Crippen LogP contribution in [0.3, 0.4) is 0 Å². The Morgan fingerprint density at radius 3 is 2.18 bits per heavy atom. The van der Waals surface area contributed by atoms with Gasteiger partial charge in [0.05, 0.1) is 6.10 Å². The number of aliphatic hydroxyl groups excluding tert-OH is 1. The summed E-state index contributed by atoms with van der Waals surface area (Å²) in [5, 5.41) is 9.79. The van der Waals surface area contributed by atoms with E-state index in [9.17, 15) is 13.9 Å². The molecule has 0 bridgehead atoms. The lowest BCUT2D eigenvalue weighted by atomic mass is 10.0. The van der Waals surface area contributed by atoms with Crippen LogP contribution in [0, 0.1) is 11.6 Å². The summed E-state index contributed by atoms with van der Waals surface area (Å²) in [6.07, 6.45) is 5.28. The van der Waals surface area contributed by atoms with Crippen molar-refractivity contribution in [3.63, 3.8) is 0 Å². The fourth-order valence-electron chi connectivity index (χ4n) is 1.88. The number of unbranched alkanes of at least 4 members (excludes halogenated alkanes) is 4. The fourth-order valence-corrected chi connectivity index (χ4v) is 1.88. The molecule has 1 nitrogen and oxygen atoms in total. The first kappa shape index (κ1) is 14.1. The van der Waals surface area contributed by atoms with Crippen molar-refractivity contribution in [1.29, 1.82) is 0 Å². The summed E-state index contributed by atoms with van der Waals surface area (Å²) in [6.45, 7) is 2.14. The van der Waals surface area contributed by atoms with Gasteiger partial charge >= 0.3 is 0 Å². The maximum Gasteiger partial charge on any atom is 0.126 e. The number of halogens is 2. The molecule has 1 N–H and O–H groups in total. The molecule has 0 amide bonds. The standard InChI is InChI=1S/C14H20F2O/c1-2-3-4-5-6-7-14(17)11-8-12(15)10-13(16)9-11/h8-10,14,17H,2-7H2,1H3. The second kappa shape index (κ2) is 7.38. The molecule has 0 aromatic heterocycles. The minimum atomic E-state index is -0.762. The van der Waals surface area contributed by atoms with Crippen molar-refractivity contribution in [3.05, 3.63) is 35.4 Å². The van der Waals surface area contributed by atoms with Crippen LogP contribution in [0.5, 0.6) is 0 Å². The predicted octanol–water partition coefficient (Wildman–Crippen LogP) is 4.36. The first-order chi connectivity index (χ1) is 8.13. The second-order valence-corrected chi connectivity index (χ2v) is 4.42. The van der Waals surface area contributed by atoms with Gasteiger partial charge in [0.25, 0.3) is 0 Å². The molecule has 3 heteroatoms. The average molecular weight is 242 g/mol. The third kappa shape index (κ3) is 5.26. The highest BCUT2D eigenvalue weighted by Gasteiger charge is 2.10. The topological polar surface area (TPSA) is 20.2 Å². The Hall–Kier alpha value is -0.960. The highest BCUT2D eigenvalue weighted by molar-refractivity contribution is 5.20. The third-order valence-electron chi connectivity index (χ3n) is 2.85. The van der Waals surface area contributed by atoms with Crippen LogP contribution in [0.15, 0.2) is 18.2 Å². The third-order valence-corrected chi connectivity index (χ3v) is 2.85. The number of hydrogen-bond acceptors (Lipinski definition) is 1. The summed E-state index contributed by atoms with van der Waals surface area (Å²) in [7, 11) is 0. The molecule has 0 heterocycles. The molecule has 0 aliphatic carbocycles. The summed E-state index contributed by atoms with van der Waals surface area (Å²) in [5.74, 6) is -1.27. The van der Waals surface area contributed by atoms with E-state index in [4.69, 9.17) is 0 Å². The van der Waals surface area contributed by atoms with Crippen LogP contribution in [-0.4, -0.2) is 5.11 Å². The summed E-state index contributed by atoms with van der Waals surface area (Å²) in [4.78, 5) is 0. The van der Waals surface area contributed by atoms with Crippen LogP contribution in [0.4, 0.5) is 8.78 Å². The molecule has 0 aliphatic rings. The van der Waals surface area contributed by atoms with Crippen molar-refractivity contribution in [3.8, 4) is 0 Å². The van der Waals surface area contributed by atoms with Gasteiger partial charge in [0.1, 0.15) is 11.6 Å². The maximum absolute atomic E-state index is 12.9. The SMILES string of the molecule is CCCCCCCC(O)c1cc(F)cc(F)c1. The molecule has 0 aliphatic heterocycles. The van der Waals surface area contributed by atoms with Gasteiger partial charge in [-0.1, -0.05) is 39.0 Å². The van der Waals surface area contributed by atoms with Gasteiger partial charge < -0.3 is 5.11 Å². The Balaban J connectivity index is 2.38. The molecule has 96 valence electrons. The summed E-state index contributed by atoms with van der Waals surface area (Å²) >= 11 is 0. The average Bonchev–Trinajstić information content (AvgIpc) is 2.27. The molecule has 0 fully saturated rings. The zero-order chi connectivity index (χ0) is 12.7. The van der Waals surface area contributed by atoms with E-state index >= 15 is 0 Å². The van der Waals surface area contributed by atoms with Gasteiger partial charge in [-0.15, -0.1) is 0 Å². The molecule has 17 heavy (non-hydrogen) atoms. The van der Waals surface area contributed by atoms with E-state index in [0.29, 0.717) is 12.0 Å². The zero-order valence-corrected chi connectivity index (χ0v) is 10.3. The fraction of sp³-hybridized carbons (Fsp3) is 0.571. The van der Waals surface area contributed by atoms with E-state index < -0.39 is 17.7 Å². The van der Waals surface area contributed by atoms with E-state index in [-0.39, 0.29) is 0 Å². The molecule has 1 atom stereocenters. The van der Waals surface area contributed by atoms with Crippen LogP contribution in [0.1, 0.15) is 57.1 Å². The Kier molecular flexibility index (Phi) is 6.12. The second-order valence-electron chi connectivity index (χ2n) is 4.42. The molecule has 1 aromatic rings. The Morgan fingerprint density at radius 1 is 1.00 bits per heavy atom. The van der Waals surface area contributed by atoms with Crippen LogP contribution >= 0.6 is 0 Å². The normalized spacial score (nSPS) is 12.7. The lowest BCUT2D eigenvalue weighted by Gasteiger charge is -2.11. The molecule has 1 rings (SSSR count). The van der Waals surface area contributed by atoms with Crippen LogP contribution < -0.4 is 0 Å². The predicted molar refractivity (Wildman–Crippen MR) is 64.7 cm³/mol. The van der Waals surface area contributed by atoms with E-state index in [1.165, 1.54) is 25.0 Å². The zero-order valence-electron chi connectivity index (χ0n) is 10.3. The highest BCUT2D eigenvalue weighted by atomic mass is 19.1. The summed E-state index contributed by atoms with van der Waals surface area (Å²) < 4.78 is 25.9. The number of rotatable bonds is 7. The summed E-state index contributed by atoms with van der Waals surface area (Å²) in [6, 6.07) is 3.21. The molecular weight excluding hydrogens is 222 g/mol. The smallest absolute Gasteiger partial charge is 0.126 e. The number of aliphatic hydroxyl groups is 1. The molecule has 0 saturated carbocycles. The number of benzene rings is 1. The van der Waals surface area contributed by atoms with Crippen molar-refractivity contribution < 1.29 is 13.9 Å². The van der Waals surface area contributed by atoms with Crippen molar-refractivity contribution in [2.24, 2.45) is 0 Å². The van der Waals surface area contributed by atoms with Crippen molar-refractivity contribution >= 4 is 0 Å². The number of hydrogen-bond donors (Lipinski definition) is 1. The minimum absolute atomic E-state index is 0.331. The van der Waals surface area contributed by atoms with Gasteiger partial charge in [0.2, 0.25) is 0 Å². The van der Waals surface area contributed by atoms with Gasteiger partial charge in [0, 0.05) is 6.07 Å². The van der Waals surface area contributed by atoms with Gasteiger partial charge in [-0.3, -0.25) is 0 Å². The van der Waals surface area contributed by atoms with E-state index in [2.05, 4.69) is 6.92 Å². The maximum atomic E-state index is 12.9. The van der Waals surface area contributed by atoms with Crippen molar-refractivity contribution in [2.75, 3.05) is 0 Å². The first-order valence-corrected chi connectivity index (χ1v) is 6.27. The highest BCUT2D eigenvalue weighted by Crippen LogP contribution is 2.21. The molecular formula is C14H20F2O. The van der Waals surface area contributed by atoms with E-state index in [1.807, 2.05) is 0 Å². The molecule has 0 saturated heterocycles. The lowest BCUT2D eigenvalue weighted by molar-refractivity contribution is 0.162. The van der Waals surface area contributed by atoms with Gasteiger partial charge in [0.15, 0.2) is 0 Å². The Morgan fingerprint density at radius 2 is 1.59 bits per heavy atom. The van der Waals surface area contributed by atoms with Crippen molar-refractivity contribution in [2.45, 2.75) is 51.6 Å². The Bertz CT molecular complexity index is 319. The van der Waals surface area contributed by atoms with Gasteiger partial charge in [-0.25, -0.2) is 8.78 Å².